The quantitative estimate of drug-likeness (QED) is 0.474. The Bertz CT molecular complexity index is 494. The van der Waals surface area contributed by atoms with Crippen LogP contribution in [0.25, 0.3) is 0 Å². The van der Waals surface area contributed by atoms with E-state index in [0.29, 0.717) is 0 Å². The summed E-state index contributed by atoms with van der Waals surface area (Å²) in [6, 6.07) is 6.19. The molecule has 0 aliphatic carbocycles. The van der Waals surface area contributed by atoms with Crippen molar-refractivity contribution < 1.29 is 14.4 Å². The Hall–Kier alpha value is -1.59. The standard InChI is InChI=1S/C16H25N3O2/c1-12(2)21-16-5-4-14(13(3)18-17)10-15(16)11-19-6-8-20-9-7-19/h4-5,10,12H,6-9,11,17H2,1-3H3/p+1/b18-13-. The zero-order valence-corrected chi connectivity index (χ0v) is 13.2. The SMILES string of the molecule is C/C(=N/N)c1ccc(OC(C)C)c(C[NH+]2CCOCC2)c1. The maximum atomic E-state index is 5.94. The zero-order chi connectivity index (χ0) is 15.2. The Kier molecular flexibility index (Phi) is 5.59. The highest BCUT2D eigenvalue weighted by atomic mass is 16.5. The number of hydrogen-bond donors (Lipinski definition) is 2. The Morgan fingerprint density at radius 3 is 2.71 bits per heavy atom. The Morgan fingerprint density at radius 2 is 2.10 bits per heavy atom. The van der Waals surface area contributed by atoms with E-state index in [1.807, 2.05) is 32.9 Å². The molecule has 1 aromatic rings. The van der Waals surface area contributed by atoms with Crippen LogP contribution in [0, 0.1) is 0 Å². The van der Waals surface area contributed by atoms with Crippen LogP contribution >= 0.6 is 0 Å². The van der Waals surface area contributed by atoms with Crippen LogP contribution in [-0.2, 0) is 11.3 Å². The topological polar surface area (TPSA) is 61.3 Å². The molecule has 1 aromatic carbocycles. The minimum Gasteiger partial charge on any atom is -0.490 e. The van der Waals surface area contributed by atoms with Crippen LogP contribution in [-0.4, -0.2) is 38.1 Å². The number of morpholine rings is 1. The highest BCUT2D eigenvalue weighted by Crippen LogP contribution is 2.21. The van der Waals surface area contributed by atoms with E-state index >= 15 is 0 Å². The highest BCUT2D eigenvalue weighted by Gasteiger charge is 2.18. The fourth-order valence-electron chi connectivity index (χ4n) is 2.49. The summed E-state index contributed by atoms with van der Waals surface area (Å²) in [5.41, 5.74) is 3.10. The fourth-order valence-corrected chi connectivity index (χ4v) is 2.49. The number of nitrogens with one attached hydrogen (secondary N) is 1. The summed E-state index contributed by atoms with van der Waals surface area (Å²) in [5.74, 6) is 6.35. The van der Waals surface area contributed by atoms with Crippen molar-refractivity contribution in [3.05, 3.63) is 29.3 Å². The molecule has 0 amide bonds. The van der Waals surface area contributed by atoms with Gasteiger partial charge in [-0.3, -0.25) is 0 Å². The summed E-state index contributed by atoms with van der Waals surface area (Å²) in [6.45, 7) is 10.7. The summed E-state index contributed by atoms with van der Waals surface area (Å²) in [7, 11) is 0. The summed E-state index contributed by atoms with van der Waals surface area (Å²) in [4.78, 5) is 1.52. The second-order valence-electron chi connectivity index (χ2n) is 5.74. The van der Waals surface area contributed by atoms with Crippen molar-refractivity contribution in [1.29, 1.82) is 0 Å². The maximum absolute atomic E-state index is 5.94. The average molecular weight is 292 g/mol. The molecule has 0 unspecified atom stereocenters. The van der Waals surface area contributed by atoms with Gasteiger partial charge in [0, 0.05) is 5.56 Å². The normalized spacial score (nSPS) is 17.2. The lowest BCUT2D eigenvalue weighted by Crippen LogP contribution is -3.12. The lowest BCUT2D eigenvalue weighted by atomic mass is 10.1. The molecule has 2 rings (SSSR count). The molecule has 5 heteroatoms. The maximum Gasteiger partial charge on any atom is 0.128 e. The second kappa shape index (κ2) is 7.43. The molecule has 0 aromatic heterocycles. The number of nitrogens with zero attached hydrogens (tertiary/aromatic N) is 1. The molecule has 21 heavy (non-hydrogen) atoms. The van der Waals surface area contributed by atoms with Crippen molar-refractivity contribution >= 4 is 5.71 Å². The van der Waals surface area contributed by atoms with E-state index < -0.39 is 0 Å². The van der Waals surface area contributed by atoms with Gasteiger partial charge in [0.25, 0.3) is 0 Å². The van der Waals surface area contributed by atoms with Gasteiger partial charge in [0.2, 0.25) is 0 Å². The second-order valence-corrected chi connectivity index (χ2v) is 5.74. The Morgan fingerprint density at radius 1 is 1.38 bits per heavy atom. The van der Waals surface area contributed by atoms with Gasteiger partial charge in [-0.05, 0) is 44.5 Å². The van der Waals surface area contributed by atoms with Gasteiger partial charge < -0.3 is 20.2 Å². The number of ether oxygens (including phenoxy) is 2. The number of hydrazone groups is 1. The van der Waals surface area contributed by atoms with Gasteiger partial charge in [-0.2, -0.15) is 5.10 Å². The van der Waals surface area contributed by atoms with Gasteiger partial charge in [-0.1, -0.05) is 0 Å². The molecule has 0 saturated carbocycles. The number of quaternary nitrogens is 1. The van der Waals surface area contributed by atoms with Crippen molar-refractivity contribution in [2.75, 3.05) is 26.3 Å². The molecule has 1 aliphatic rings. The lowest BCUT2D eigenvalue weighted by molar-refractivity contribution is -0.921. The van der Waals surface area contributed by atoms with Crippen LogP contribution in [0.15, 0.2) is 23.3 Å². The molecule has 0 bridgehead atoms. The van der Waals surface area contributed by atoms with Gasteiger partial charge >= 0.3 is 0 Å². The molecule has 5 nitrogen and oxygen atoms in total. The van der Waals surface area contributed by atoms with Crippen LogP contribution < -0.4 is 15.5 Å². The van der Waals surface area contributed by atoms with Crippen LogP contribution in [0.2, 0.25) is 0 Å². The molecule has 0 radical (unpaired) electrons. The third-order valence-electron chi connectivity index (χ3n) is 3.67. The summed E-state index contributed by atoms with van der Waals surface area (Å²) in [5, 5.41) is 3.79. The van der Waals surface area contributed by atoms with E-state index in [2.05, 4.69) is 11.2 Å². The Labute approximate surface area is 126 Å². The predicted molar refractivity (Wildman–Crippen MR) is 83.8 cm³/mol. The molecule has 1 heterocycles. The van der Waals surface area contributed by atoms with E-state index in [4.69, 9.17) is 15.3 Å². The molecule has 116 valence electrons. The van der Waals surface area contributed by atoms with Gasteiger partial charge in [-0.15, -0.1) is 0 Å². The predicted octanol–water partition coefficient (Wildman–Crippen LogP) is 0.572. The zero-order valence-electron chi connectivity index (χ0n) is 13.2. The number of hydrogen-bond acceptors (Lipinski definition) is 4. The van der Waals surface area contributed by atoms with Crippen LogP contribution in [0.1, 0.15) is 31.9 Å². The van der Waals surface area contributed by atoms with E-state index in [-0.39, 0.29) is 6.10 Å². The average Bonchev–Trinajstić information content (AvgIpc) is 2.49. The summed E-state index contributed by atoms with van der Waals surface area (Å²) < 4.78 is 11.4. The Balaban J connectivity index is 2.23. The molecule has 1 aliphatic heterocycles. The van der Waals surface area contributed by atoms with E-state index in [9.17, 15) is 0 Å². The van der Waals surface area contributed by atoms with Crippen molar-refractivity contribution in [1.82, 2.24) is 0 Å². The van der Waals surface area contributed by atoms with Crippen LogP contribution in [0.4, 0.5) is 0 Å². The minimum absolute atomic E-state index is 0.165. The number of benzene rings is 1. The minimum atomic E-state index is 0.165. The van der Waals surface area contributed by atoms with E-state index in [1.54, 1.807) is 0 Å². The first-order chi connectivity index (χ1) is 10.1. The van der Waals surface area contributed by atoms with E-state index in [0.717, 1.165) is 49.9 Å². The van der Waals surface area contributed by atoms with Crippen molar-refractivity contribution in [2.45, 2.75) is 33.4 Å². The van der Waals surface area contributed by atoms with Crippen molar-refractivity contribution in [3.8, 4) is 5.75 Å². The molecular weight excluding hydrogens is 266 g/mol. The molecular formula is C16H26N3O2+. The third kappa shape index (κ3) is 4.44. The first kappa shape index (κ1) is 15.8. The van der Waals surface area contributed by atoms with Gasteiger partial charge in [0.15, 0.2) is 0 Å². The summed E-state index contributed by atoms with van der Waals surface area (Å²) in [6.07, 6.45) is 0.165. The van der Waals surface area contributed by atoms with Gasteiger partial charge in [-0.25, -0.2) is 0 Å². The number of nitrogens with two attached hydrogens (primary N) is 1. The van der Waals surface area contributed by atoms with E-state index in [1.165, 1.54) is 10.5 Å². The van der Waals surface area contributed by atoms with Crippen LogP contribution in [0.5, 0.6) is 5.75 Å². The monoisotopic (exact) mass is 292 g/mol. The molecule has 3 N–H and O–H groups in total. The highest BCUT2D eigenvalue weighted by molar-refractivity contribution is 5.98. The molecule has 0 spiro atoms. The van der Waals surface area contributed by atoms with Gasteiger partial charge in [0.05, 0.1) is 25.0 Å². The van der Waals surface area contributed by atoms with Crippen molar-refractivity contribution in [2.24, 2.45) is 10.9 Å². The van der Waals surface area contributed by atoms with Crippen LogP contribution in [0.3, 0.4) is 0 Å². The smallest absolute Gasteiger partial charge is 0.128 e. The van der Waals surface area contributed by atoms with Crippen molar-refractivity contribution in [3.63, 3.8) is 0 Å². The van der Waals surface area contributed by atoms with Gasteiger partial charge in [0.1, 0.15) is 25.4 Å². The first-order valence-corrected chi connectivity index (χ1v) is 7.56. The largest absolute Gasteiger partial charge is 0.490 e. The third-order valence-corrected chi connectivity index (χ3v) is 3.67. The lowest BCUT2D eigenvalue weighted by Gasteiger charge is -2.25. The molecule has 1 saturated heterocycles. The molecule has 0 atom stereocenters. The number of rotatable bonds is 5. The first-order valence-electron chi connectivity index (χ1n) is 7.56. The summed E-state index contributed by atoms with van der Waals surface area (Å²) >= 11 is 0. The molecule has 1 fully saturated rings. The fraction of sp³-hybridized carbons (Fsp3) is 0.562.